The van der Waals surface area contributed by atoms with Crippen molar-refractivity contribution in [1.29, 1.82) is 0 Å². The highest BCUT2D eigenvalue weighted by molar-refractivity contribution is 7.17. The van der Waals surface area contributed by atoms with Crippen LogP contribution in [0.3, 0.4) is 0 Å². The third-order valence-corrected chi connectivity index (χ3v) is 5.70. The molecule has 6 nitrogen and oxygen atoms in total. The Morgan fingerprint density at radius 2 is 1.97 bits per heavy atom. The monoisotopic (exact) mass is 425 g/mol. The minimum Gasteiger partial charge on any atom is -0.496 e. The SMILES string of the molecule is COc1cc(Nc2ncnc3scc(-c4ccc(C)cc4)c23)c(Cl)cc1C(=O)O. The maximum Gasteiger partial charge on any atom is 0.339 e. The molecule has 0 aliphatic carbocycles. The standard InChI is InChI=1S/C21H16ClN3O3S/c1-11-3-5-12(6-4-11)14-9-29-20-18(14)19(23-10-24-20)25-16-8-17(28-2)13(21(26)27)7-15(16)22/h3-10H,1-2H3,(H,26,27)(H,23,24,25). The highest BCUT2D eigenvalue weighted by Gasteiger charge is 2.18. The van der Waals surface area contributed by atoms with Crippen LogP contribution >= 0.6 is 22.9 Å². The van der Waals surface area contributed by atoms with E-state index in [0.29, 0.717) is 11.5 Å². The molecular formula is C21H16ClN3O3S. The van der Waals surface area contributed by atoms with E-state index in [9.17, 15) is 9.90 Å². The zero-order valence-corrected chi connectivity index (χ0v) is 17.1. The molecule has 2 heterocycles. The summed E-state index contributed by atoms with van der Waals surface area (Å²) >= 11 is 7.86. The van der Waals surface area contributed by atoms with Gasteiger partial charge in [0.15, 0.2) is 0 Å². The lowest BCUT2D eigenvalue weighted by atomic mass is 10.0. The number of aromatic nitrogens is 2. The highest BCUT2D eigenvalue weighted by Crippen LogP contribution is 2.39. The van der Waals surface area contributed by atoms with E-state index in [-0.39, 0.29) is 16.3 Å². The number of hydrogen-bond acceptors (Lipinski definition) is 6. The van der Waals surface area contributed by atoms with Crippen molar-refractivity contribution in [2.75, 3.05) is 12.4 Å². The highest BCUT2D eigenvalue weighted by atomic mass is 35.5. The van der Waals surface area contributed by atoms with Gasteiger partial charge in [-0.1, -0.05) is 41.4 Å². The van der Waals surface area contributed by atoms with E-state index in [1.165, 1.54) is 36.4 Å². The Labute approximate surface area is 175 Å². The van der Waals surface area contributed by atoms with Gasteiger partial charge in [-0.2, -0.15) is 0 Å². The van der Waals surface area contributed by atoms with Crippen molar-refractivity contribution in [3.8, 4) is 16.9 Å². The molecule has 0 spiro atoms. The van der Waals surface area contributed by atoms with Crippen LogP contribution in [0.2, 0.25) is 5.02 Å². The van der Waals surface area contributed by atoms with Gasteiger partial charge >= 0.3 is 5.97 Å². The topological polar surface area (TPSA) is 84.3 Å². The fourth-order valence-electron chi connectivity index (χ4n) is 3.03. The molecule has 0 aliphatic rings. The maximum absolute atomic E-state index is 11.4. The fraction of sp³-hybridized carbons (Fsp3) is 0.0952. The molecule has 4 aromatic rings. The third kappa shape index (κ3) is 3.62. The Morgan fingerprint density at radius 1 is 1.21 bits per heavy atom. The Morgan fingerprint density at radius 3 is 2.66 bits per heavy atom. The van der Waals surface area contributed by atoms with Crippen molar-refractivity contribution in [3.63, 3.8) is 0 Å². The summed E-state index contributed by atoms with van der Waals surface area (Å²) < 4.78 is 5.21. The summed E-state index contributed by atoms with van der Waals surface area (Å²) in [5, 5.41) is 15.7. The number of fused-ring (bicyclic) bond motifs is 1. The second kappa shape index (κ2) is 7.69. The number of nitrogens with one attached hydrogen (secondary N) is 1. The molecule has 0 bridgehead atoms. The number of thiophene rings is 1. The predicted molar refractivity (Wildman–Crippen MR) is 116 cm³/mol. The van der Waals surface area contributed by atoms with Crippen molar-refractivity contribution >= 4 is 50.6 Å². The van der Waals surface area contributed by atoms with Crippen LogP contribution in [0, 0.1) is 6.92 Å². The summed E-state index contributed by atoms with van der Waals surface area (Å²) in [6, 6.07) is 11.1. The number of aryl methyl sites for hydroxylation is 1. The number of carboxylic acids is 1. The van der Waals surface area contributed by atoms with Gasteiger partial charge in [-0.3, -0.25) is 0 Å². The van der Waals surface area contributed by atoms with E-state index in [1.54, 1.807) is 6.07 Å². The minimum atomic E-state index is -1.11. The van der Waals surface area contributed by atoms with Crippen LogP contribution in [0.5, 0.6) is 5.75 Å². The van der Waals surface area contributed by atoms with E-state index in [4.69, 9.17) is 16.3 Å². The molecular weight excluding hydrogens is 410 g/mol. The molecule has 2 N–H and O–H groups in total. The van der Waals surface area contributed by atoms with Crippen LogP contribution in [0.1, 0.15) is 15.9 Å². The number of carbonyl (C=O) groups is 1. The lowest BCUT2D eigenvalue weighted by Gasteiger charge is -2.13. The molecule has 0 unspecified atom stereocenters. The number of aromatic carboxylic acids is 1. The smallest absolute Gasteiger partial charge is 0.339 e. The van der Waals surface area contributed by atoms with Gasteiger partial charge < -0.3 is 15.2 Å². The number of ether oxygens (including phenoxy) is 1. The van der Waals surface area contributed by atoms with Crippen LogP contribution in [0.4, 0.5) is 11.5 Å². The van der Waals surface area contributed by atoms with Crippen molar-refractivity contribution in [2.24, 2.45) is 0 Å². The number of nitrogens with zero attached hydrogens (tertiary/aromatic N) is 2. The molecule has 0 amide bonds. The Kier molecular flexibility index (Phi) is 5.08. The van der Waals surface area contributed by atoms with Crippen molar-refractivity contribution in [1.82, 2.24) is 9.97 Å². The van der Waals surface area contributed by atoms with E-state index >= 15 is 0 Å². The first kappa shape index (κ1) is 19.2. The first-order chi connectivity index (χ1) is 14.0. The zero-order chi connectivity index (χ0) is 20.5. The number of methoxy groups -OCH3 is 1. The van der Waals surface area contributed by atoms with Gasteiger partial charge in [0.25, 0.3) is 0 Å². The fourth-order valence-corrected chi connectivity index (χ4v) is 4.16. The molecule has 2 aromatic carbocycles. The van der Waals surface area contributed by atoms with Gasteiger partial charge in [0.2, 0.25) is 0 Å². The molecule has 2 aromatic heterocycles. The average molecular weight is 426 g/mol. The van der Waals surface area contributed by atoms with E-state index < -0.39 is 5.97 Å². The second-order valence-electron chi connectivity index (χ2n) is 6.38. The molecule has 0 aliphatic heterocycles. The Bertz CT molecular complexity index is 1220. The van der Waals surface area contributed by atoms with Crippen molar-refractivity contribution in [2.45, 2.75) is 6.92 Å². The molecule has 4 rings (SSSR count). The zero-order valence-electron chi connectivity index (χ0n) is 15.6. The van der Waals surface area contributed by atoms with Crippen LogP contribution in [0.25, 0.3) is 21.3 Å². The Balaban J connectivity index is 1.82. The number of halogens is 1. The second-order valence-corrected chi connectivity index (χ2v) is 7.65. The quantitative estimate of drug-likeness (QED) is 0.422. The van der Waals surface area contributed by atoms with Gasteiger partial charge in [-0.05, 0) is 18.6 Å². The number of anilines is 2. The number of carboxylic acid groups (broad SMARTS) is 1. The lowest BCUT2D eigenvalue weighted by molar-refractivity contribution is 0.0693. The number of rotatable bonds is 5. The van der Waals surface area contributed by atoms with Crippen molar-refractivity contribution < 1.29 is 14.6 Å². The van der Waals surface area contributed by atoms with Gasteiger partial charge in [0.1, 0.15) is 28.3 Å². The van der Waals surface area contributed by atoms with Gasteiger partial charge in [0.05, 0.1) is 23.2 Å². The van der Waals surface area contributed by atoms with Gasteiger partial charge in [0, 0.05) is 17.0 Å². The summed E-state index contributed by atoms with van der Waals surface area (Å²) in [6.07, 6.45) is 1.48. The largest absolute Gasteiger partial charge is 0.496 e. The first-order valence-electron chi connectivity index (χ1n) is 8.65. The van der Waals surface area contributed by atoms with Gasteiger partial charge in [-0.25, -0.2) is 14.8 Å². The normalized spacial score (nSPS) is 10.9. The Hall–Kier alpha value is -3.16. The summed E-state index contributed by atoms with van der Waals surface area (Å²) in [5.74, 6) is -0.322. The molecule has 0 saturated heterocycles. The summed E-state index contributed by atoms with van der Waals surface area (Å²) in [7, 11) is 1.41. The summed E-state index contributed by atoms with van der Waals surface area (Å²) in [4.78, 5) is 21.0. The molecule has 0 fully saturated rings. The van der Waals surface area contributed by atoms with Crippen LogP contribution in [0.15, 0.2) is 48.1 Å². The maximum atomic E-state index is 11.4. The van der Waals surface area contributed by atoms with E-state index in [0.717, 1.165) is 21.3 Å². The molecule has 146 valence electrons. The van der Waals surface area contributed by atoms with Crippen LogP contribution in [-0.4, -0.2) is 28.2 Å². The number of hydrogen-bond donors (Lipinski definition) is 2. The molecule has 0 radical (unpaired) electrons. The van der Waals surface area contributed by atoms with Crippen LogP contribution in [-0.2, 0) is 0 Å². The lowest BCUT2D eigenvalue weighted by Crippen LogP contribution is -2.03. The molecule has 0 saturated carbocycles. The minimum absolute atomic E-state index is 0.00763. The summed E-state index contributed by atoms with van der Waals surface area (Å²) in [6.45, 7) is 2.04. The van der Waals surface area contributed by atoms with Crippen LogP contribution < -0.4 is 10.1 Å². The average Bonchev–Trinajstić information content (AvgIpc) is 3.15. The van der Waals surface area contributed by atoms with E-state index in [1.807, 2.05) is 12.3 Å². The van der Waals surface area contributed by atoms with E-state index in [2.05, 4.69) is 39.6 Å². The third-order valence-electron chi connectivity index (χ3n) is 4.51. The summed E-state index contributed by atoms with van der Waals surface area (Å²) in [5.41, 5.74) is 3.74. The molecule has 8 heteroatoms. The van der Waals surface area contributed by atoms with Gasteiger partial charge in [-0.15, -0.1) is 11.3 Å². The van der Waals surface area contributed by atoms with Crippen molar-refractivity contribution in [3.05, 3.63) is 64.3 Å². The predicted octanol–water partition coefficient (Wildman–Crippen LogP) is 5.77. The first-order valence-corrected chi connectivity index (χ1v) is 9.90. The molecule has 29 heavy (non-hydrogen) atoms. The molecule has 0 atom stereocenters. The number of benzene rings is 2.